The Morgan fingerprint density at radius 2 is 1.34 bits per heavy atom. The molecule has 1 heterocycles. The van der Waals surface area contributed by atoms with E-state index < -0.39 is 0 Å². The van der Waals surface area contributed by atoms with Crippen LogP contribution < -0.4 is 0 Å². The highest BCUT2D eigenvalue weighted by atomic mass is 16.6. The van der Waals surface area contributed by atoms with Crippen LogP contribution in [0.1, 0.15) is 30.4 Å². The van der Waals surface area contributed by atoms with Gasteiger partial charge in [0.15, 0.2) is 0 Å². The molecule has 0 radical (unpaired) electrons. The van der Waals surface area contributed by atoms with Gasteiger partial charge in [0.05, 0.1) is 38.6 Å². The van der Waals surface area contributed by atoms with Gasteiger partial charge < -0.3 is 14.2 Å². The predicted octanol–water partition coefficient (Wildman–Crippen LogP) is 5.38. The Hall–Kier alpha value is -2.20. The van der Waals surface area contributed by atoms with Gasteiger partial charge in [0.1, 0.15) is 0 Å². The van der Waals surface area contributed by atoms with E-state index in [4.69, 9.17) is 14.2 Å². The molecule has 2 aromatic rings. The lowest BCUT2D eigenvalue weighted by molar-refractivity contribution is -0.0262. The fourth-order valence-corrected chi connectivity index (χ4v) is 4.08. The first-order chi connectivity index (χ1) is 14.3. The molecule has 0 amide bonds. The lowest BCUT2D eigenvalue weighted by atomic mass is 9.75. The highest BCUT2D eigenvalue weighted by Crippen LogP contribution is 2.46. The minimum Gasteiger partial charge on any atom is -0.377 e. The zero-order chi connectivity index (χ0) is 19.8. The van der Waals surface area contributed by atoms with Crippen LogP contribution in [-0.4, -0.2) is 38.6 Å². The van der Waals surface area contributed by atoms with Crippen LogP contribution >= 0.6 is 0 Å². The highest BCUT2D eigenvalue weighted by molar-refractivity contribution is 5.49. The van der Waals surface area contributed by atoms with Crippen molar-refractivity contribution in [3.63, 3.8) is 0 Å². The summed E-state index contributed by atoms with van der Waals surface area (Å²) in [7, 11) is 0. The zero-order valence-electron chi connectivity index (χ0n) is 16.9. The summed E-state index contributed by atoms with van der Waals surface area (Å²) in [6.07, 6.45) is 12.6. The summed E-state index contributed by atoms with van der Waals surface area (Å²) in [5, 5.41) is 0. The van der Waals surface area contributed by atoms with Crippen molar-refractivity contribution in [1.29, 1.82) is 0 Å². The van der Waals surface area contributed by atoms with E-state index in [-0.39, 0.29) is 5.41 Å². The summed E-state index contributed by atoms with van der Waals surface area (Å²) in [4.78, 5) is 0. The average molecular weight is 391 g/mol. The average Bonchev–Trinajstić information content (AvgIpc) is 3.53. The van der Waals surface area contributed by atoms with Crippen molar-refractivity contribution in [2.24, 2.45) is 5.41 Å². The molecule has 3 nitrogen and oxygen atoms in total. The molecule has 2 unspecified atom stereocenters. The monoisotopic (exact) mass is 390 g/mol. The third kappa shape index (κ3) is 6.14. The first-order valence-electron chi connectivity index (χ1n) is 10.6. The number of hydrogen-bond acceptors (Lipinski definition) is 3. The Morgan fingerprint density at radius 3 is 1.86 bits per heavy atom. The van der Waals surface area contributed by atoms with E-state index >= 15 is 0 Å². The van der Waals surface area contributed by atoms with Crippen LogP contribution in [0.5, 0.6) is 0 Å². The molecular formula is C26H30O3. The number of benzene rings is 2. The standard InChI is InChI=1S/C26H30O3/c1-3-9-22(10-4-1)13-7-17-27-20-26(16-15-24-25(19-26)29-24)21-28-18-8-14-23-11-5-2-6-12-23/h1-14,24-25H,15-21H2. The Balaban J connectivity index is 1.23. The predicted molar refractivity (Wildman–Crippen MR) is 118 cm³/mol. The molecule has 2 atom stereocenters. The first kappa shape index (κ1) is 20.1. The van der Waals surface area contributed by atoms with Gasteiger partial charge in [0.2, 0.25) is 0 Å². The molecule has 1 aliphatic carbocycles. The normalized spacial score (nSPS) is 26.1. The Labute approximate surface area is 174 Å². The first-order valence-corrected chi connectivity index (χ1v) is 10.6. The third-order valence-corrected chi connectivity index (χ3v) is 5.75. The SMILES string of the molecule is C(=Cc1ccccc1)COCC1(COCC=Cc2ccccc2)CCC2OC2C1. The summed E-state index contributed by atoms with van der Waals surface area (Å²) in [6, 6.07) is 20.6. The molecule has 2 fully saturated rings. The van der Waals surface area contributed by atoms with Crippen molar-refractivity contribution in [3.8, 4) is 0 Å². The third-order valence-electron chi connectivity index (χ3n) is 5.75. The lowest BCUT2D eigenvalue weighted by Gasteiger charge is -2.35. The van der Waals surface area contributed by atoms with Crippen molar-refractivity contribution in [2.45, 2.75) is 31.5 Å². The fourth-order valence-electron chi connectivity index (χ4n) is 4.08. The maximum Gasteiger partial charge on any atom is 0.0848 e. The van der Waals surface area contributed by atoms with Gasteiger partial charge in [0.25, 0.3) is 0 Å². The second-order valence-corrected chi connectivity index (χ2v) is 8.11. The maximum absolute atomic E-state index is 6.05. The van der Waals surface area contributed by atoms with Crippen LogP contribution in [0.25, 0.3) is 12.2 Å². The quantitative estimate of drug-likeness (QED) is 0.403. The minimum absolute atomic E-state index is 0.0683. The molecule has 29 heavy (non-hydrogen) atoms. The molecular weight excluding hydrogens is 360 g/mol. The Kier molecular flexibility index (Phi) is 6.94. The van der Waals surface area contributed by atoms with E-state index in [2.05, 4.69) is 48.6 Å². The molecule has 1 aliphatic heterocycles. The summed E-state index contributed by atoms with van der Waals surface area (Å²) in [6.45, 7) is 2.70. The molecule has 0 bridgehead atoms. The second-order valence-electron chi connectivity index (χ2n) is 8.11. The number of rotatable bonds is 10. The smallest absolute Gasteiger partial charge is 0.0848 e. The summed E-state index contributed by atoms with van der Waals surface area (Å²) < 4.78 is 17.9. The van der Waals surface area contributed by atoms with Crippen molar-refractivity contribution < 1.29 is 14.2 Å². The van der Waals surface area contributed by atoms with Gasteiger partial charge in [-0.15, -0.1) is 0 Å². The largest absolute Gasteiger partial charge is 0.377 e. The van der Waals surface area contributed by atoms with Gasteiger partial charge in [-0.25, -0.2) is 0 Å². The molecule has 1 saturated carbocycles. The van der Waals surface area contributed by atoms with E-state index in [1.807, 2.05) is 36.4 Å². The number of fused-ring (bicyclic) bond motifs is 1. The second kappa shape index (κ2) is 10.0. The van der Waals surface area contributed by atoms with E-state index in [9.17, 15) is 0 Å². The summed E-state index contributed by atoms with van der Waals surface area (Å²) >= 11 is 0. The minimum atomic E-state index is 0.0683. The number of epoxide rings is 1. The van der Waals surface area contributed by atoms with Crippen molar-refractivity contribution in [3.05, 3.63) is 83.9 Å². The van der Waals surface area contributed by atoms with Crippen LogP contribution in [0.2, 0.25) is 0 Å². The lowest BCUT2D eigenvalue weighted by Crippen LogP contribution is -2.37. The topological polar surface area (TPSA) is 31.0 Å². The summed E-state index contributed by atoms with van der Waals surface area (Å²) in [5.74, 6) is 0. The number of hydrogen-bond donors (Lipinski definition) is 0. The van der Waals surface area contributed by atoms with Crippen LogP contribution in [0.4, 0.5) is 0 Å². The van der Waals surface area contributed by atoms with Crippen LogP contribution in [0.3, 0.4) is 0 Å². The van der Waals surface area contributed by atoms with E-state index in [1.165, 1.54) is 11.1 Å². The molecule has 3 heteroatoms. The van der Waals surface area contributed by atoms with Crippen LogP contribution in [0.15, 0.2) is 72.8 Å². The van der Waals surface area contributed by atoms with Crippen LogP contribution in [0, 0.1) is 5.41 Å². The van der Waals surface area contributed by atoms with Crippen molar-refractivity contribution in [2.75, 3.05) is 26.4 Å². The Bertz CT molecular complexity index is 742. The highest BCUT2D eigenvalue weighted by Gasteiger charge is 2.50. The molecule has 2 aromatic carbocycles. The molecule has 2 aliphatic rings. The molecule has 152 valence electrons. The van der Waals surface area contributed by atoms with Gasteiger partial charge in [0, 0.05) is 5.41 Å². The fraction of sp³-hybridized carbons (Fsp3) is 0.385. The van der Waals surface area contributed by atoms with Crippen molar-refractivity contribution >= 4 is 12.2 Å². The van der Waals surface area contributed by atoms with Gasteiger partial charge >= 0.3 is 0 Å². The van der Waals surface area contributed by atoms with Gasteiger partial charge in [-0.05, 0) is 30.4 Å². The van der Waals surface area contributed by atoms with E-state index in [1.54, 1.807) is 0 Å². The molecule has 0 aromatic heterocycles. The summed E-state index contributed by atoms with van der Waals surface area (Å²) in [5.41, 5.74) is 2.47. The molecule has 0 spiro atoms. The van der Waals surface area contributed by atoms with Gasteiger partial charge in [-0.1, -0.05) is 85.0 Å². The van der Waals surface area contributed by atoms with E-state index in [0.29, 0.717) is 25.4 Å². The zero-order valence-corrected chi connectivity index (χ0v) is 16.9. The van der Waals surface area contributed by atoms with Gasteiger partial charge in [-0.3, -0.25) is 0 Å². The van der Waals surface area contributed by atoms with Crippen molar-refractivity contribution in [1.82, 2.24) is 0 Å². The van der Waals surface area contributed by atoms with Gasteiger partial charge in [-0.2, -0.15) is 0 Å². The molecule has 0 N–H and O–H groups in total. The maximum atomic E-state index is 6.05. The molecule has 4 rings (SSSR count). The Morgan fingerprint density at radius 1 is 0.793 bits per heavy atom. The number of ether oxygens (including phenoxy) is 3. The molecule has 1 saturated heterocycles. The van der Waals surface area contributed by atoms with Crippen LogP contribution in [-0.2, 0) is 14.2 Å². The van der Waals surface area contributed by atoms with E-state index in [0.717, 1.165) is 32.5 Å².